The molecule has 0 aliphatic carbocycles. The minimum atomic E-state index is -1.28. The van der Waals surface area contributed by atoms with E-state index in [0.29, 0.717) is 0 Å². The van der Waals surface area contributed by atoms with Gasteiger partial charge in [-0.1, -0.05) is 19.9 Å². The zero-order chi connectivity index (χ0) is 16.3. The Morgan fingerprint density at radius 2 is 1.86 bits per heavy atom. The first-order chi connectivity index (χ1) is 10.4. The van der Waals surface area contributed by atoms with Gasteiger partial charge in [-0.25, -0.2) is 9.18 Å². The summed E-state index contributed by atoms with van der Waals surface area (Å²) in [6, 6.07) is 8.38. The van der Waals surface area contributed by atoms with Crippen molar-refractivity contribution in [2.24, 2.45) is 10.2 Å². The Kier molecular flexibility index (Phi) is 4.50. The van der Waals surface area contributed by atoms with E-state index in [-0.39, 0.29) is 28.6 Å². The highest BCUT2D eigenvalue weighted by molar-refractivity contribution is 5.91. The number of hydrogen-bond acceptors (Lipinski definition) is 4. The Morgan fingerprint density at radius 1 is 1.14 bits per heavy atom. The Morgan fingerprint density at radius 3 is 2.50 bits per heavy atom. The van der Waals surface area contributed by atoms with Crippen molar-refractivity contribution in [3.63, 3.8) is 0 Å². The molecule has 6 heteroatoms. The third-order valence-electron chi connectivity index (χ3n) is 3.12. The Hall–Kier alpha value is -2.76. The molecule has 0 bridgehead atoms. The average molecular weight is 302 g/mol. The number of nitrogens with zero attached hydrogens (tertiary/aromatic N) is 2. The first-order valence-electron chi connectivity index (χ1n) is 6.66. The molecule has 0 radical (unpaired) electrons. The Bertz CT molecular complexity index is 742. The van der Waals surface area contributed by atoms with Crippen LogP contribution in [0.2, 0.25) is 0 Å². The van der Waals surface area contributed by atoms with Crippen molar-refractivity contribution in [1.82, 2.24) is 0 Å². The van der Waals surface area contributed by atoms with Crippen molar-refractivity contribution in [2.45, 2.75) is 19.8 Å². The summed E-state index contributed by atoms with van der Waals surface area (Å²) in [7, 11) is 0. The van der Waals surface area contributed by atoms with Crippen LogP contribution in [0.25, 0.3) is 0 Å². The number of carbonyl (C=O) groups is 1. The summed E-state index contributed by atoms with van der Waals surface area (Å²) in [4.78, 5) is 10.9. The van der Waals surface area contributed by atoms with Gasteiger partial charge in [-0.3, -0.25) is 0 Å². The van der Waals surface area contributed by atoms with Gasteiger partial charge in [-0.05, 0) is 41.8 Å². The molecule has 0 saturated carbocycles. The van der Waals surface area contributed by atoms with Crippen LogP contribution in [0.1, 0.15) is 35.7 Å². The zero-order valence-electron chi connectivity index (χ0n) is 12.1. The number of phenols is 1. The zero-order valence-corrected chi connectivity index (χ0v) is 12.1. The lowest BCUT2D eigenvalue weighted by Crippen LogP contribution is -1.95. The highest BCUT2D eigenvalue weighted by Gasteiger charge is 2.10. The summed E-state index contributed by atoms with van der Waals surface area (Å²) in [6.45, 7) is 3.96. The summed E-state index contributed by atoms with van der Waals surface area (Å²) >= 11 is 0. The molecule has 2 rings (SSSR count). The predicted octanol–water partition coefficient (Wildman–Crippen LogP) is 4.77. The molecule has 0 spiro atoms. The molecule has 0 amide bonds. The number of hydrogen-bond donors (Lipinski definition) is 2. The molecule has 5 nitrogen and oxygen atoms in total. The second-order valence-corrected chi connectivity index (χ2v) is 5.07. The lowest BCUT2D eigenvalue weighted by molar-refractivity contribution is 0.0694. The van der Waals surface area contributed by atoms with Crippen LogP contribution in [0.15, 0.2) is 46.6 Å². The molecule has 0 unspecified atom stereocenters. The maximum atomic E-state index is 13.7. The van der Waals surface area contributed by atoms with Crippen LogP contribution in [-0.4, -0.2) is 16.2 Å². The summed E-state index contributed by atoms with van der Waals surface area (Å²) in [5.74, 6) is -1.92. The molecular weight excluding hydrogens is 287 g/mol. The predicted molar refractivity (Wildman–Crippen MR) is 79.7 cm³/mol. The van der Waals surface area contributed by atoms with Crippen LogP contribution in [0, 0.1) is 5.82 Å². The molecule has 0 aliphatic rings. The highest BCUT2D eigenvalue weighted by atomic mass is 19.1. The van der Waals surface area contributed by atoms with E-state index in [1.807, 2.05) is 13.8 Å². The molecule has 2 aromatic rings. The number of aromatic hydroxyl groups is 1. The number of rotatable bonds is 4. The van der Waals surface area contributed by atoms with E-state index in [9.17, 15) is 14.3 Å². The van der Waals surface area contributed by atoms with Crippen LogP contribution in [0.3, 0.4) is 0 Å². The Balaban J connectivity index is 2.34. The number of aromatic carboxylic acids is 1. The normalized spacial score (nSPS) is 11.3. The monoisotopic (exact) mass is 302 g/mol. The van der Waals surface area contributed by atoms with Gasteiger partial charge in [0, 0.05) is 0 Å². The fourth-order valence-electron chi connectivity index (χ4n) is 1.83. The molecule has 0 fully saturated rings. The standard InChI is InChI=1S/C16H15FN2O3/c1-9(2)10-3-5-13(17)14(7-10)19-18-11-4-6-15(20)12(8-11)16(21)22/h3-9,20H,1-2H3,(H,21,22). The second-order valence-electron chi connectivity index (χ2n) is 5.07. The quantitative estimate of drug-likeness (QED) is 0.798. The lowest BCUT2D eigenvalue weighted by atomic mass is 10.0. The van der Waals surface area contributed by atoms with Crippen molar-refractivity contribution < 1.29 is 19.4 Å². The van der Waals surface area contributed by atoms with Gasteiger partial charge in [-0.15, -0.1) is 5.11 Å². The SMILES string of the molecule is CC(C)c1ccc(F)c(N=Nc2ccc(O)c(C(=O)O)c2)c1. The van der Waals surface area contributed by atoms with E-state index in [0.717, 1.165) is 5.56 Å². The molecule has 0 heterocycles. The van der Waals surface area contributed by atoms with Crippen molar-refractivity contribution in [3.8, 4) is 5.75 Å². The van der Waals surface area contributed by atoms with Gasteiger partial charge in [0.25, 0.3) is 0 Å². The van der Waals surface area contributed by atoms with E-state index in [2.05, 4.69) is 10.2 Å². The van der Waals surface area contributed by atoms with E-state index in [1.165, 1.54) is 24.3 Å². The first kappa shape index (κ1) is 15.6. The van der Waals surface area contributed by atoms with E-state index in [1.54, 1.807) is 12.1 Å². The van der Waals surface area contributed by atoms with Gasteiger partial charge in [0.15, 0.2) is 5.82 Å². The van der Waals surface area contributed by atoms with Crippen molar-refractivity contribution >= 4 is 17.3 Å². The third kappa shape index (κ3) is 3.46. The van der Waals surface area contributed by atoms with Crippen molar-refractivity contribution in [3.05, 3.63) is 53.3 Å². The van der Waals surface area contributed by atoms with Crippen molar-refractivity contribution in [1.29, 1.82) is 0 Å². The van der Waals surface area contributed by atoms with Crippen LogP contribution >= 0.6 is 0 Å². The smallest absolute Gasteiger partial charge is 0.339 e. The molecule has 2 N–H and O–H groups in total. The summed E-state index contributed by atoms with van der Waals surface area (Å²) in [5, 5.41) is 26.0. The average Bonchev–Trinajstić information content (AvgIpc) is 2.47. The Labute approximate surface area is 126 Å². The fourth-order valence-corrected chi connectivity index (χ4v) is 1.83. The molecule has 0 atom stereocenters. The molecule has 0 aromatic heterocycles. The summed E-state index contributed by atoms with van der Waals surface area (Å²) < 4.78 is 13.7. The van der Waals surface area contributed by atoms with Gasteiger partial charge in [0.2, 0.25) is 0 Å². The number of carboxylic acid groups (broad SMARTS) is 1. The maximum Gasteiger partial charge on any atom is 0.339 e. The van der Waals surface area contributed by atoms with Crippen LogP contribution < -0.4 is 0 Å². The highest BCUT2D eigenvalue weighted by Crippen LogP contribution is 2.28. The molecule has 0 aliphatic heterocycles. The van der Waals surface area contributed by atoms with Gasteiger partial charge < -0.3 is 10.2 Å². The van der Waals surface area contributed by atoms with E-state index >= 15 is 0 Å². The molecule has 0 saturated heterocycles. The third-order valence-corrected chi connectivity index (χ3v) is 3.12. The van der Waals surface area contributed by atoms with Crippen LogP contribution in [0.5, 0.6) is 5.75 Å². The van der Waals surface area contributed by atoms with Crippen LogP contribution in [-0.2, 0) is 0 Å². The topological polar surface area (TPSA) is 82.2 Å². The van der Waals surface area contributed by atoms with Crippen LogP contribution in [0.4, 0.5) is 15.8 Å². The minimum absolute atomic E-state index is 0.0798. The second kappa shape index (κ2) is 6.34. The molecule has 22 heavy (non-hydrogen) atoms. The van der Waals surface area contributed by atoms with E-state index in [4.69, 9.17) is 5.11 Å². The van der Waals surface area contributed by atoms with Gasteiger partial charge >= 0.3 is 5.97 Å². The number of benzene rings is 2. The molecule has 2 aromatic carbocycles. The van der Waals surface area contributed by atoms with Gasteiger partial charge in [0.05, 0.1) is 5.69 Å². The minimum Gasteiger partial charge on any atom is -0.507 e. The number of azo groups is 1. The van der Waals surface area contributed by atoms with Gasteiger partial charge in [0.1, 0.15) is 17.0 Å². The van der Waals surface area contributed by atoms with Crippen molar-refractivity contribution in [2.75, 3.05) is 0 Å². The van der Waals surface area contributed by atoms with Gasteiger partial charge in [-0.2, -0.15) is 5.11 Å². The first-order valence-corrected chi connectivity index (χ1v) is 6.66. The number of carboxylic acids is 1. The maximum absolute atomic E-state index is 13.7. The fraction of sp³-hybridized carbons (Fsp3) is 0.188. The lowest BCUT2D eigenvalue weighted by Gasteiger charge is -2.06. The molecule has 114 valence electrons. The van der Waals surface area contributed by atoms with E-state index < -0.39 is 11.8 Å². The summed E-state index contributed by atoms with van der Waals surface area (Å²) in [5.41, 5.74) is 0.931. The largest absolute Gasteiger partial charge is 0.507 e. The molecular formula is C16H15FN2O3. The number of halogens is 1. The summed E-state index contributed by atoms with van der Waals surface area (Å²) in [6.07, 6.45) is 0.